The largest absolute Gasteiger partial charge is 1.00 e. The first-order chi connectivity index (χ1) is 12.1. The molecule has 0 aromatic heterocycles. The second-order valence-corrected chi connectivity index (χ2v) is 13.3. The molecule has 0 heterocycles. The molecule has 0 amide bonds. The van der Waals surface area contributed by atoms with Crippen molar-refractivity contribution < 1.29 is 48.0 Å². The monoisotopic (exact) mass is 482 g/mol. The summed E-state index contributed by atoms with van der Waals surface area (Å²) in [6, 6.07) is 0. The van der Waals surface area contributed by atoms with Crippen LogP contribution in [0.5, 0.6) is 0 Å². The van der Waals surface area contributed by atoms with Gasteiger partial charge >= 0.3 is 167 Å². The average Bonchev–Trinajstić information content (AvgIpc) is 3.23. The van der Waals surface area contributed by atoms with Gasteiger partial charge in [-0.2, -0.15) is 0 Å². The molecular formula is C24H34Cl2Zr. The summed E-state index contributed by atoms with van der Waals surface area (Å²) in [5, 5.41) is 0. The summed E-state index contributed by atoms with van der Waals surface area (Å²) in [5.74, 6) is 6.51. The average molecular weight is 485 g/mol. The Bertz CT molecular complexity index is 604. The minimum Gasteiger partial charge on any atom is -1.00 e. The molecule has 3 heteroatoms. The molecule has 0 spiro atoms. The van der Waals surface area contributed by atoms with E-state index < -0.39 is 23.2 Å². The van der Waals surface area contributed by atoms with Crippen molar-refractivity contribution in [2.45, 2.75) is 56.5 Å². The topological polar surface area (TPSA) is 0 Å². The fraction of sp³-hybridized carbons (Fsp3) is 0.667. The fourth-order valence-corrected chi connectivity index (χ4v) is 11.1. The van der Waals surface area contributed by atoms with E-state index in [-0.39, 0.29) is 24.8 Å². The summed E-state index contributed by atoms with van der Waals surface area (Å²) < 4.78 is 2.89. The van der Waals surface area contributed by atoms with Crippen LogP contribution in [-0.2, 0) is 23.2 Å². The van der Waals surface area contributed by atoms with Crippen molar-refractivity contribution in [3.63, 3.8) is 0 Å². The molecule has 7 atom stereocenters. The second kappa shape index (κ2) is 10.5. The minimum absolute atomic E-state index is 0. The molecule has 0 bridgehead atoms. The van der Waals surface area contributed by atoms with Crippen molar-refractivity contribution in [3.05, 3.63) is 45.8 Å². The van der Waals surface area contributed by atoms with Crippen LogP contribution in [0, 0.1) is 41.4 Å². The van der Waals surface area contributed by atoms with Crippen LogP contribution < -0.4 is 24.8 Å². The molecule has 4 rings (SSSR count). The van der Waals surface area contributed by atoms with Crippen LogP contribution in [0.4, 0.5) is 0 Å². The Hall–Kier alpha value is 0.423. The first-order valence-corrected chi connectivity index (χ1v) is 13.3. The van der Waals surface area contributed by atoms with Gasteiger partial charge in [0.05, 0.1) is 0 Å². The summed E-state index contributed by atoms with van der Waals surface area (Å²) in [7, 11) is 0. The van der Waals surface area contributed by atoms with Crippen molar-refractivity contribution in [1.29, 1.82) is 0 Å². The van der Waals surface area contributed by atoms with Gasteiger partial charge in [-0.05, 0) is 0 Å². The van der Waals surface area contributed by atoms with Crippen molar-refractivity contribution in [2.75, 3.05) is 0 Å². The van der Waals surface area contributed by atoms with E-state index >= 15 is 0 Å². The molecule has 0 aromatic carbocycles. The number of fused-ring (bicyclic) bond motifs is 1. The van der Waals surface area contributed by atoms with Gasteiger partial charge in [-0.1, -0.05) is 0 Å². The second-order valence-electron chi connectivity index (χ2n) is 9.39. The van der Waals surface area contributed by atoms with Gasteiger partial charge in [-0.15, -0.1) is 0 Å². The van der Waals surface area contributed by atoms with Gasteiger partial charge in [0.25, 0.3) is 0 Å². The number of allylic oxidation sites excluding steroid dienone is 8. The molecule has 2 fully saturated rings. The maximum absolute atomic E-state index is 2.59. The molecular weight excluding hydrogens is 450 g/mol. The number of hydrogen-bond donors (Lipinski definition) is 0. The van der Waals surface area contributed by atoms with E-state index in [9.17, 15) is 0 Å². The summed E-state index contributed by atoms with van der Waals surface area (Å²) in [6.45, 7) is 7.51. The molecule has 0 aromatic rings. The van der Waals surface area contributed by atoms with Gasteiger partial charge in [-0.3, -0.25) is 0 Å². The molecule has 0 nitrogen and oxygen atoms in total. The van der Waals surface area contributed by atoms with Gasteiger partial charge in [0.2, 0.25) is 0 Å². The van der Waals surface area contributed by atoms with Crippen molar-refractivity contribution in [2.24, 2.45) is 41.4 Å². The van der Waals surface area contributed by atoms with E-state index in [1.54, 1.807) is 0 Å². The van der Waals surface area contributed by atoms with Crippen LogP contribution in [0.2, 0.25) is 3.63 Å². The summed E-state index contributed by atoms with van der Waals surface area (Å²) in [6.07, 6.45) is 24.2. The molecule has 7 unspecified atom stereocenters. The molecule has 27 heavy (non-hydrogen) atoms. The fourth-order valence-electron chi connectivity index (χ4n) is 6.22. The smallest absolute Gasteiger partial charge is 1.00 e. The van der Waals surface area contributed by atoms with Crippen LogP contribution in [0.25, 0.3) is 0 Å². The number of hydrogen-bond acceptors (Lipinski definition) is 0. The minimum atomic E-state index is -0.477. The third kappa shape index (κ3) is 5.13. The number of halogens is 2. The first-order valence-electron chi connectivity index (χ1n) is 10.6. The zero-order chi connectivity index (χ0) is 17.4. The van der Waals surface area contributed by atoms with E-state index in [1.807, 2.05) is 3.28 Å². The Morgan fingerprint density at radius 2 is 1.74 bits per heavy atom. The molecule has 0 radical (unpaired) electrons. The molecule has 4 aliphatic carbocycles. The summed E-state index contributed by atoms with van der Waals surface area (Å²) in [5.41, 5.74) is 0. The third-order valence-corrected chi connectivity index (χ3v) is 12.1. The van der Waals surface area contributed by atoms with E-state index in [4.69, 9.17) is 0 Å². The van der Waals surface area contributed by atoms with Crippen molar-refractivity contribution in [1.82, 2.24) is 0 Å². The molecule has 0 N–H and O–H groups in total. The van der Waals surface area contributed by atoms with Crippen LogP contribution in [-0.4, -0.2) is 0 Å². The Morgan fingerprint density at radius 3 is 2.44 bits per heavy atom. The van der Waals surface area contributed by atoms with Gasteiger partial charge in [0.1, 0.15) is 0 Å². The van der Waals surface area contributed by atoms with Gasteiger partial charge < -0.3 is 24.8 Å². The summed E-state index contributed by atoms with van der Waals surface area (Å²) >= 11 is -0.477. The van der Waals surface area contributed by atoms with Gasteiger partial charge in [0, 0.05) is 0 Å². The number of rotatable bonds is 4. The normalized spacial score (nSPS) is 39.4. The Kier molecular flexibility index (Phi) is 9.17. The predicted molar refractivity (Wildman–Crippen MR) is 104 cm³/mol. The SMILES string of the molecule is CC1CCC(C(C)C)C(C2CC3C=CC=CC3[CH]2[Zr+2][C]2=CC=CC2)C1.[Cl-].[Cl-]. The standard InChI is InChI=1S/C19H29.C5H5.2ClH.Zr/c1-13(2)18-9-8-14(3)10-19(18)17-11-15-6-4-5-7-16(15)12-17;1-2-4-5-3-1;;;/h4-7,11,13-19H,8-10,12H2,1-3H3;1-3H,4H2;2*1H;/q;;;;+2/p-2. The molecule has 0 aliphatic heterocycles. The zero-order valence-corrected chi connectivity index (χ0v) is 20.9. The van der Waals surface area contributed by atoms with E-state index in [0.717, 1.165) is 45.1 Å². The Morgan fingerprint density at radius 1 is 0.963 bits per heavy atom. The quantitative estimate of drug-likeness (QED) is 0.554. The third-order valence-electron chi connectivity index (χ3n) is 7.46. The molecule has 0 saturated heterocycles. The van der Waals surface area contributed by atoms with Crippen LogP contribution in [0.3, 0.4) is 0 Å². The van der Waals surface area contributed by atoms with Crippen LogP contribution in [0.1, 0.15) is 52.9 Å². The van der Waals surface area contributed by atoms with Gasteiger partial charge in [-0.25, -0.2) is 0 Å². The van der Waals surface area contributed by atoms with Gasteiger partial charge in [0.15, 0.2) is 0 Å². The van der Waals surface area contributed by atoms with Crippen molar-refractivity contribution >= 4 is 0 Å². The van der Waals surface area contributed by atoms with E-state index in [2.05, 4.69) is 63.3 Å². The van der Waals surface area contributed by atoms with Crippen LogP contribution >= 0.6 is 0 Å². The van der Waals surface area contributed by atoms with Crippen molar-refractivity contribution in [3.8, 4) is 0 Å². The maximum atomic E-state index is 2.59. The maximum Gasteiger partial charge on any atom is -1.00 e. The molecule has 2 saturated carbocycles. The van der Waals surface area contributed by atoms with Crippen LogP contribution in [0.15, 0.2) is 45.8 Å². The first kappa shape index (κ1) is 23.7. The molecule has 4 aliphatic rings. The van der Waals surface area contributed by atoms with E-state index in [1.165, 1.54) is 32.1 Å². The zero-order valence-electron chi connectivity index (χ0n) is 17.0. The van der Waals surface area contributed by atoms with E-state index in [0.29, 0.717) is 0 Å². The summed E-state index contributed by atoms with van der Waals surface area (Å²) in [4.78, 5) is 0. The Balaban J connectivity index is 0.00000131. The molecule has 148 valence electrons. The Labute approximate surface area is 190 Å². The predicted octanol–water partition coefficient (Wildman–Crippen LogP) is 0.796.